The summed E-state index contributed by atoms with van der Waals surface area (Å²) in [6, 6.07) is 2.62. The first kappa shape index (κ1) is 14.5. The number of hydrogen-bond donors (Lipinski definition) is 1. The third-order valence-corrected chi connectivity index (χ3v) is 4.04. The minimum absolute atomic E-state index is 0.0863. The maximum absolute atomic E-state index is 11.4. The molecule has 0 aromatic carbocycles. The zero-order valence-corrected chi connectivity index (χ0v) is 12.4. The molecule has 0 aliphatic carbocycles. The van der Waals surface area contributed by atoms with Crippen LogP contribution in [0.25, 0.3) is 0 Å². The zero-order chi connectivity index (χ0) is 14.7. The van der Waals surface area contributed by atoms with Gasteiger partial charge in [-0.15, -0.1) is 0 Å². The summed E-state index contributed by atoms with van der Waals surface area (Å²) < 4.78 is 12.3. The minimum atomic E-state index is -0.117. The number of hydrogen-bond acceptors (Lipinski definition) is 5. The van der Waals surface area contributed by atoms with Crippen LogP contribution in [0.4, 0.5) is 0 Å². The van der Waals surface area contributed by atoms with E-state index in [1.165, 1.54) is 12.8 Å². The lowest BCUT2D eigenvalue weighted by Crippen LogP contribution is -2.41. The second-order valence-electron chi connectivity index (χ2n) is 5.55. The third kappa shape index (κ3) is 3.42. The van der Waals surface area contributed by atoms with Gasteiger partial charge in [-0.05, 0) is 12.5 Å². The van der Waals surface area contributed by atoms with E-state index in [1.54, 1.807) is 0 Å². The SMILES string of the molecule is COCC(=O)NCc1cc2n(n1)CCN([C@H]1CCOC1)C2. The Balaban J connectivity index is 1.57. The molecule has 7 heteroatoms. The van der Waals surface area contributed by atoms with Crippen LogP contribution in [0.15, 0.2) is 6.07 Å². The largest absolute Gasteiger partial charge is 0.380 e. The van der Waals surface area contributed by atoms with Crippen molar-refractivity contribution in [1.82, 2.24) is 20.0 Å². The van der Waals surface area contributed by atoms with Gasteiger partial charge in [0.1, 0.15) is 6.61 Å². The lowest BCUT2D eigenvalue weighted by molar-refractivity contribution is -0.124. The van der Waals surface area contributed by atoms with E-state index in [2.05, 4.69) is 21.4 Å². The second-order valence-corrected chi connectivity index (χ2v) is 5.55. The van der Waals surface area contributed by atoms with Crippen molar-refractivity contribution in [2.24, 2.45) is 0 Å². The predicted molar refractivity (Wildman–Crippen MR) is 75.6 cm³/mol. The van der Waals surface area contributed by atoms with Crippen molar-refractivity contribution in [3.05, 3.63) is 17.5 Å². The average Bonchev–Trinajstić information content (AvgIpc) is 3.13. The molecule has 0 bridgehead atoms. The number of aromatic nitrogens is 2. The van der Waals surface area contributed by atoms with Crippen molar-refractivity contribution in [2.75, 3.05) is 33.5 Å². The van der Waals surface area contributed by atoms with E-state index in [-0.39, 0.29) is 12.5 Å². The van der Waals surface area contributed by atoms with Crippen LogP contribution in [0.1, 0.15) is 17.8 Å². The summed E-state index contributed by atoms with van der Waals surface area (Å²) in [5, 5.41) is 7.35. The molecule has 0 radical (unpaired) electrons. The first-order valence-electron chi connectivity index (χ1n) is 7.39. The van der Waals surface area contributed by atoms with Crippen LogP contribution in [0.3, 0.4) is 0 Å². The molecular formula is C14H22N4O3. The van der Waals surface area contributed by atoms with E-state index in [1.807, 2.05) is 4.68 Å². The Labute approximate surface area is 124 Å². The number of carbonyl (C=O) groups excluding carboxylic acids is 1. The molecule has 1 aromatic rings. The van der Waals surface area contributed by atoms with Crippen LogP contribution in [-0.4, -0.2) is 60.1 Å². The van der Waals surface area contributed by atoms with Gasteiger partial charge in [0.25, 0.3) is 0 Å². The topological polar surface area (TPSA) is 68.6 Å². The van der Waals surface area contributed by atoms with E-state index in [4.69, 9.17) is 9.47 Å². The molecule has 7 nitrogen and oxygen atoms in total. The molecule has 1 saturated heterocycles. The summed E-state index contributed by atoms with van der Waals surface area (Å²) in [6.07, 6.45) is 1.12. The summed E-state index contributed by atoms with van der Waals surface area (Å²) >= 11 is 0. The highest BCUT2D eigenvalue weighted by Crippen LogP contribution is 2.20. The molecule has 2 aliphatic rings. The quantitative estimate of drug-likeness (QED) is 0.811. The van der Waals surface area contributed by atoms with Crippen molar-refractivity contribution in [1.29, 1.82) is 0 Å². The molecule has 1 amide bonds. The van der Waals surface area contributed by atoms with Gasteiger partial charge in [-0.3, -0.25) is 14.4 Å². The normalized spacial score (nSPS) is 22.2. The summed E-state index contributed by atoms with van der Waals surface area (Å²) in [5.41, 5.74) is 2.11. The Morgan fingerprint density at radius 1 is 1.57 bits per heavy atom. The first-order valence-corrected chi connectivity index (χ1v) is 7.39. The van der Waals surface area contributed by atoms with Gasteiger partial charge in [-0.1, -0.05) is 0 Å². The minimum Gasteiger partial charge on any atom is -0.380 e. The van der Waals surface area contributed by atoms with E-state index in [9.17, 15) is 4.79 Å². The van der Waals surface area contributed by atoms with E-state index in [0.29, 0.717) is 12.6 Å². The van der Waals surface area contributed by atoms with E-state index < -0.39 is 0 Å². The number of carbonyl (C=O) groups is 1. The summed E-state index contributed by atoms with van der Waals surface area (Å²) in [7, 11) is 1.51. The van der Waals surface area contributed by atoms with Crippen LogP contribution in [0, 0.1) is 0 Å². The maximum atomic E-state index is 11.4. The molecule has 1 aromatic heterocycles. The molecule has 3 rings (SSSR count). The Morgan fingerprint density at radius 3 is 3.24 bits per heavy atom. The zero-order valence-electron chi connectivity index (χ0n) is 12.4. The first-order chi connectivity index (χ1) is 10.3. The Hall–Kier alpha value is -1.44. The summed E-state index contributed by atoms with van der Waals surface area (Å²) in [5.74, 6) is -0.117. The van der Waals surface area contributed by atoms with Gasteiger partial charge < -0.3 is 14.8 Å². The summed E-state index contributed by atoms with van der Waals surface area (Å²) in [6.45, 7) is 5.08. The fraction of sp³-hybridized carbons (Fsp3) is 0.714. The molecular weight excluding hydrogens is 272 g/mol. The highest BCUT2D eigenvalue weighted by Gasteiger charge is 2.27. The molecule has 1 fully saturated rings. The average molecular weight is 294 g/mol. The molecule has 1 N–H and O–H groups in total. The van der Waals surface area contributed by atoms with E-state index in [0.717, 1.165) is 45.0 Å². The van der Waals surface area contributed by atoms with Gasteiger partial charge in [0.2, 0.25) is 5.91 Å². The Kier molecular flexibility index (Phi) is 4.52. The fourth-order valence-corrected chi connectivity index (χ4v) is 2.93. The van der Waals surface area contributed by atoms with Crippen LogP contribution in [0.2, 0.25) is 0 Å². The van der Waals surface area contributed by atoms with Gasteiger partial charge in [-0.2, -0.15) is 5.10 Å². The molecule has 3 heterocycles. The van der Waals surface area contributed by atoms with Crippen molar-refractivity contribution in [3.63, 3.8) is 0 Å². The number of rotatable bonds is 5. The lowest BCUT2D eigenvalue weighted by Gasteiger charge is -2.31. The van der Waals surface area contributed by atoms with Crippen molar-refractivity contribution in [3.8, 4) is 0 Å². The highest BCUT2D eigenvalue weighted by atomic mass is 16.5. The second kappa shape index (κ2) is 6.55. The van der Waals surface area contributed by atoms with Crippen LogP contribution < -0.4 is 5.32 Å². The third-order valence-electron chi connectivity index (χ3n) is 4.04. The smallest absolute Gasteiger partial charge is 0.246 e. The maximum Gasteiger partial charge on any atom is 0.246 e. The van der Waals surface area contributed by atoms with Gasteiger partial charge in [0.15, 0.2) is 0 Å². The van der Waals surface area contributed by atoms with Gasteiger partial charge >= 0.3 is 0 Å². The molecule has 0 unspecified atom stereocenters. The van der Waals surface area contributed by atoms with Crippen molar-refractivity contribution >= 4 is 5.91 Å². The molecule has 0 spiro atoms. The van der Waals surface area contributed by atoms with Crippen LogP contribution >= 0.6 is 0 Å². The Bertz CT molecular complexity index is 496. The molecule has 0 saturated carbocycles. The van der Waals surface area contributed by atoms with E-state index >= 15 is 0 Å². The standard InChI is InChI=1S/C14H22N4O3/c1-20-10-14(19)15-7-11-6-13-8-17(3-4-18(13)16-11)12-2-5-21-9-12/h6,12H,2-5,7-10H2,1H3,(H,15,19)/t12-/m0/s1. The molecule has 116 valence electrons. The van der Waals surface area contributed by atoms with Crippen molar-refractivity contribution in [2.45, 2.75) is 32.1 Å². The summed E-state index contributed by atoms with van der Waals surface area (Å²) in [4.78, 5) is 13.9. The molecule has 21 heavy (non-hydrogen) atoms. The van der Waals surface area contributed by atoms with Gasteiger partial charge in [0, 0.05) is 32.8 Å². The monoisotopic (exact) mass is 294 g/mol. The number of fused-ring (bicyclic) bond motifs is 1. The van der Waals surface area contributed by atoms with Gasteiger partial charge in [-0.25, -0.2) is 0 Å². The molecule has 2 aliphatic heterocycles. The number of nitrogens with one attached hydrogen (secondary N) is 1. The molecule has 1 atom stereocenters. The van der Waals surface area contributed by atoms with Crippen molar-refractivity contribution < 1.29 is 14.3 Å². The Morgan fingerprint density at radius 2 is 2.48 bits per heavy atom. The van der Waals surface area contributed by atoms with Crippen LogP contribution in [0.5, 0.6) is 0 Å². The fourth-order valence-electron chi connectivity index (χ4n) is 2.93. The lowest BCUT2D eigenvalue weighted by atomic mass is 10.2. The number of methoxy groups -OCH3 is 1. The van der Waals surface area contributed by atoms with Crippen LogP contribution in [-0.2, 0) is 33.9 Å². The highest BCUT2D eigenvalue weighted by molar-refractivity contribution is 5.77. The van der Waals surface area contributed by atoms with Gasteiger partial charge in [0.05, 0.1) is 31.1 Å². The predicted octanol–water partition coefficient (Wildman–Crippen LogP) is -0.250. The number of amides is 1. The number of ether oxygens (including phenoxy) is 2. The number of nitrogens with zero attached hydrogens (tertiary/aromatic N) is 3.